The highest BCUT2D eigenvalue weighted by atomic mass is 16.5. The van der Waals surface area contributed by atoms with E-state index in [0.29, 0.717) is 6.04 Å². The molecule has 2 heteroatoms. The maximum Gasteiger partial charge on any atom is 0.119 e. The quantitative estimate of drug-likeness (QED) is 0.783. The van der Waals surface area contributed by atoms with Crippen LogP contribution in [0.3, 0.4) is 0 Å². The molecule has 0 radical (unpaired) electrons. The summed E-state index contributed by atoms with van der Waals surface area (Å²) in [5.74, 6) is 0.950. The number of hydrogen-bond donors (Lipinski definition) is 1. The van der Waals surface area contributed by atoms with E-state index in [-0.39, 0.29) is 5.41 Å². The van der Waals surface area contributed by atoms with Gasteiger partial charge in [-0.1, -0.05) is 39.8 Å². The summed E-state index contributed by atoms with van der Waals surface area (Å²) in [6.07, 6.45) is 1.15. The Labute approximate surface area is 112 Å². The van der Waals surface area contributed by atoms with Gasteiger partial charge in [-0.2, -0.15) is 0 Å². The fourth-order valence-corrected chi connectivity index (χ4v) is 2.18. The highest BCUT2D eigenvalue weighted by Crippen LogP contribution is 2.36. The van der Waals surface area contributed by atoms with Crippen molar-refractivity contribution < 1.29 is 4.74 Å². The van der Waals surface area contributed by atoms with Crippen LogP contribution in [0, 0.1) is 5.41 Å². The summed E-state index contributed by atoms with van der Waals surface area (Å²) in [6, 6.07) is 8.87. The molecular formula is C16H27NO. The number of rotatable bonds is 7. The average Bonchev–Trinajstić information content (AvgIpc) is 2.37. The Hall–Kier alpha value is -1.02. The first-order chi connectivity index (χ1) is 8.55. The van der Waals surface area contributed by atoms with Crippen molar-refractivity contribution in [3.05, 3.63) is 29.8 Å². The predicted octanol–water partition coefficient (Wildman–Crippen LogP) is 4.17. The van der Waals surface area contributed by atoms with Gasteiger partial charge < -0.3 is 10.1 Å². The second-order valence-corrected chi connectivity index (χ2v) is 5.33. The Morgan fingerprint density at radius 3 is 2.17 bits per heavy atom. The maximum absolute atomic E-state index is 5.49. The predicted molar refractivity (Wildman–Crippen MR) is 78.1 cm³/mol. The Morgan fingerprint density at radius 1 is 1.11 bits per heavy atom. The van der Waals surface area contributed by atoms with Crippen LogP contribution in [-0.4, -0.2) is 13.2 Å². The number of ether oxygens (including phenoxy) is 1. The lowest BCUT2D eigenvalue weighted by atomic mass is 9.78. The van der Waals surface area contributed by atoms with E-state index in [0.717, 1.165) is 25.3 Å². The highest BCUT2D eigenvalue weighted by Gasteiger charge is 2.28. The third-order valence-electron chi connectivity index (χ3n) is 3.63. The van der Waals surface area contributed by atoms with E-state index in [1.54, 1.807) is 0 Å². The molecule has 102 valence electrons. The van der Waals surface area contributed by atoms with E-state index < -0.39 is 0 Å². The van der Waals surface area contributed by atoms with Gasteiger partial charge in [-0.3, -0.25) is 0 Å². The first-order valence-corrected chi connectivity index (χ1v) is 7.01. The van der Waals surface area contributed by atoms with Crippen molar-refractivity contribution in [3.63, 3.8) is 0 Å². The summed E-state index contributed by atoms with van der Waals surface area (Å²) in [4.78, 5) is 0. The molecule has 1 aromatic rings. The Bertz CT molecular complexity index is 343. The molecule has 1 aromatic carbocycles. The highest BCUT2D eigenvalue weighted by molar-refractivity contribution is 5.30. The molecule has 0 bridgehead atoms. The van der Waals surface area contributed by atoms with Crippen LogP contribution in [0.2, 0.25) is 0 Å². The molecule has 0 amide bonds. The topological polar surface area (TPSA) is 21.3 Å². The minimum Gasteiger partial charge on any atom is -0.494 e. The van der Waals surface area contributed by atoms with Gasteiger partial charge in [0.1, 0.15) is 5.75 Å². The maximum atomic E-state index is 5.49. The van der Waals surface area contributed by atoms with Crippen molar-refractivity contribution >= 4 is 0 Å². The zero-order chi connectivity index (χ0) is 13.6. The molecule has 1 atom stereocenters. The lowest BCUT2D eigenvalue weighted by Gasteiger charge is -2.34. The molecule has 2 nitrogen and oxygen atoms in total. The standard InChI is InChI=1S/C16H27NO/c1-6-16(4,5)15(17-7-2)13-9-11-14(12-10-13)18-8-3/h9-12,15,17H,6-8H2,1-5H3. The van der Waals surface area contributed by atoms with Crippen LogP contribution in [0.5, 0.6) is 5.75 Å². The normalized spacial score (nSPS) is 13.4. The number of benzene rings is 1. The van der Waals surface area contributed by atoms with Gasteiger partial charge in [0, 0.05) is 6.04 Å². The average molecular weight is 249 g/mol. The molecule has 18 heavy (non-hydrogen) atoms. The number of nitrogens with one attached hydrogen (secondary N) is 1. The summed E-state index contributed by atoms with van der Waals surface area (Å²) in [6.45, 7) is 12.8. The Morgan fingerprint density at radius 2 is 1.72 bits per heavy atom. The van der Waals surface area contributed by atoms with Crippen molar-refractivity contribution in [1.82, 2.24) is 5.32 Å². The Balaban J connectivity index is 2.92. The van der Waals surface area contributed by atoms with Crippen LogP contribution in [0.15, 0.2) is 24.3 Å². The van der Waals surface area contributed by atoms with Crippen molar-refractivity contribution in [2.45, 2.75) is 47.1 Å². The van der Waals surface area contributed by atoms with Gasteiger partial charge >= 0.3 is 0 Å². The SMILES string of the molecule is CCNC(c1ccc(OCC)cc1)C(C)(C)CC. The van der Waals surface area contributed by atoms with Gasteiger partial charge in [0.05, 0.1) is 6.61 Å². The van der Waals surface area contributed by atoms with Gasteiger partial charge in [-0.05, 0) is 43.0 Å². The molecule has 1 unspecified atom stereocenters. The number of hydrogen-bond acceptors (Lipinski definition) is 2. The third-order valence-corrected chi connectivity index (χ3v) is 3.63. The molecule has 1 N–H and O–H groups in total. The summed E-state index contributed by atoms with van der Waals surface area (Å²) >= 11 is 0. The van der Waals surface area contributed by atoms with E-state index in [1.807, 2.05) is 6.92 Å². The minimum absolute atomic E-state index is 0.253. The zero-order valence-electron chi connectivity index (χ0n) is 12.4. The lowest BCUT2D eigenvalue weighted by molar-refractivity contribution is 0.237. The molecule has 0 heterocycles. The van der Waals surface area contributed by atoms with E-state index in [9.17, 15) is 0 Å². The fourth-order valence-electron chi connectivity index (χ4n) is 2.18. The van der Waals surface area contributed by atoms with Gasteiger partial charge in [0.15, 0.2) is 0 Å². The molecule has 1 rings (SSSR count). The van der Waals surface area contributed by atoms with Gasteiger partial charge in [-0.25, -0.2) is 0 Å². The molecule has 0 aliphatic heterocycles. The van der Waals surface area contributed by atoms with Crippen molar-refractivity contribution in [3.8, 4) is 5.75 Å². The Kier molecular flexibility index (Phi) is 5.67. The minimum atomic E-state index is 0.253. The summed E-state index contributed by atoms with van der Waals surface area (Å²) in [5.41, 5.74) is 1.59. The molecule has 0 aromatic heterocycles. The lowest BCUT2D eigenvalue weighted by Crippen LogP contribution is -2.33. The second-order valence-electron chi connectivity index (χ2n) is 5.33. The van der Waals surface area contributed by atoms with Crippen LogP contribution in [-0.2, 0) is 0 Å². The zero-order valence-corrected chi connectivity index (χ0v) is 12.4. The second kappa shape index (κ2) is 6.79. The molecule has 0 aliphatic carbocycles. The largest absolute Gasteiger partial charge is 0.494 e. The fraction of sp³-hybridized carbons (Fsp3) is 0.625. The van der Waals surface area contributed by atoms with Gasteiger partial charge in [-0.15, -0.1) is 0 Å². The van der Waals surface area contributed by atoms with Crippen molar-refractivity contribution in [1.29, 1.82) is 0 Å². The van der Waals surface area contributed by atoms with Crippen LogP contribution >= 0.6 is 0 Å². The van der Waals surface area contributed by atoms with Crippen LogP contribution in [0.25, 0.3) is 0 Å². The first-order valence-electron chi connectivity index (χ1n) is 7.01. The van der Waals surface area contributed by atoms with Crippen molar-refractivity contribution in [2.24, 2.45) is 5.41 Å². The summed E-state index contributed by atoms with van der Waals surface area (Å²) < 4.78 is 5.49. The molecule has 0 spiro atoms. The first kappa shape index (κ1) is 15.0. The molecule has 0 saturated heterocycles. The van der Waals surface area contributed by atoms with Crippen LogP contribution in [0.1, 0.15) is 52.6 Å². The monoisotopic (exact) mass is 249 g/mol. The van der Waals surface area contributed by atoms with E-state index in [4.69, 9.17) is 4.74 Å². The third kappa shape index (κ3) is 3.74. The van der Waals surface area contributed by atoms with E-state index >= 15 is 0 Å². The van der Waals surface area contributed by atoms with E-state index in [1.165, 1.54) is 5.56 Å². The molecule has 0 saturated carbocycles. The summed E-state index contributed by atoms with van der Waals surface area (Å²) in [7, 11) is 0. The summed E-state index contributed by atoms with van der Waals surface area (Å²) in [5, 5.41) is 3.60. The van der Waals surface area contributed by atoms with Crippen LogP contribution in [0.4, 0.5) is 0 Å². The van der Waals surface area contributed by atoms with Gasteiger partial charge in [0.2, 0.25) is 0 Å². The molecule has 0 fully saturated rings. The van der Waals surface area contributed by atoms with Crippen molar-refractivity contribution in [2.75, 3.05) is 13.2 Å². The molecule has 0 aliphatic rings. The van der Waals surface area contributed by atoms with Crippen LogP contribution < -0.4 is 10.1 Å². The molecular weight excluding hydrogens is 222 g/mol. The van der Waals surface area contributed by atoms with E-state index in [2.05, 4.69) is 57.3 Å². The van der Waals surface area contributed by atoms with Gasteiger partial charge in [0.25, 0.3) is 0 Å². The smallest absolute Gasteiger partial charge is 0.119 e.